The maximum absolute atomic E-state index is 8.49. The molecule has 4 heterocycles. The summed E-state index contributed by atoms with van der Waals surface area (Å²) in [4.78, 5) is 0. The zero-order valence-corrected chi connectivity index (χ0v) is 19.7. The number of nitrogens with zero attached hydrogens (tertiary/aromatic N) is 8. The normalized spacial score (nSPS) is 9.83. The van der Waals surface area contributed by atoms with E-state index in [1.54, 1.807) is 24.8 Å². The first-order chi connectivity index (χ1) is 14.9. The molecule has 18 nitrogen and oxygen atoms in total. The predicted molar refractivity (Wildman–Crippen MR) is 86.9 cm³/mol. The summed E-state index contributed by atoms with van der Waals surface area (Å²) in [5.74, 6) is 0. The summed E-state index contributed by atoms with van der Waals surface area (Å²) in [6.45, 7) is 1.36. The molecule has 0 aliphatic rings. The van der Waals surface area contributed by atoms with Gasteiger partial charge in [0.05, 0.1) is 0 Å². The van der Waals surface area contributed by atoms with Gasteiger partial charge in [0.15, 0.2) is 0 Å². The summed E-state index contributed by atoms with van der Waals surface area (Å²) >= 11 is 0. The molecule has 0 fully saturated rings. The second-order valence-electron chi connectivity index (χ2n) is 5.22. The summed E-state index contributed by atoms with van der Waals surface area (Å²) in [7, 11) is -9.89. The maximum atomic E-state index is 8.49. The van der Waals surface area contributed by atoms with Crippen LogP contribution in [0.1, 0.15) is 0 Å². The van der Waals surface area contributed by atoms with Crippen molar-refractivity contribution in [1.82, 2.24) is 39.1 Å². The van der Waals surface area contributed by atoms with E-state index in [2.05, 4.69) is 20.4 Å². The largest absolute Gasteiger partial charge is 2.00 e. The number of hydrogen-bond acceptors (Lipinski definition) is 12. The van der Waals surface area contributed by atoms with Crippen LogP contribution in [0.25, 0.3) is 0 Å². The van der Waals surface area contributed by atoms with Gasteiger partial charge >= 0.3 is 17.1 Å². The Morgan fingerprint density at radius 2 is 0.629 bits per heavy atom. The van der Waals surface area contributed by atoms with Crippen LogP contribution in [0.15, 0.2) is 73.8 Å². The molecule has 0 saturated carbocycles. The molecule has 0 aliphatic carbocycles. The van der Waals surface area contributed by atoms with Crippen LogP contribution in [0.4, 0.5) is 0 Å². The quantitative estimate of drug-likeness (QED) is 0.199. The van der Waals surface area contributed by atoms with E-state index >= 15 is 0 Å². The Bertz CT molecular complexity index is 778. The van der Waals surface area contributed by atoms with Gasteiger partial charge in [-0.05, 0) is 24.3 Å². The van der Waals surface area contributed by atoms with E-state index in [0.717, 1.165) is 0 Å². The van der Waals surface area contributed by atoms with Gasteiger partial charge in [-0.25, -0.2) is 37.3 Å². The van der Waals surface area contributed by atoms with Gasteiger partial charge in [-0.2, -0.15) is 20.4 Å². The molecule has 1 radical (unpaired) electrons. The van der Waals surface area contributed by atoms with Crippen LogP contribution in [0.5, 0.6) is 0 Å². The van der Waals surface area contributed by atoms with Crippen LogP contribution in [-0.4, -0.2) is 50.1 Å². The minimum absolute atomic E-state index is 0. The number of hydrogen-bond donors (Lipinski definition) is 0. The molecule has 4 aromatic rings. The van der Waals surface area contributed by atoms with Crippen molar-refractivity contribution in [3.05, 3.63) is 73.8 Å². The second kappa shape index (κ2) is 18.8. The van der Waals surface area contributed by atoms with Crippen LogP contribution >= 0.6 is 0 Å². The molecule has 201 valence electrons. The van der Waals surface area contributed by atoms with Crippen molar-refractivity contribution in [3.63, 3.8) is 0 Å². The molecule has 0 aromatic carbocycles. The van der Waals surface area contributed by atoms with Crippen molar-refractivity contribution in [1.29, 1.82) is 0 Å². The summed E-state index contributed by atoms with van der Waals surface area (Å²) in [6, 6.07) is 7.57. The molecule has 0 bridgehead atoms. The number of aromatic nitrogens is 8. The molecule has 0 amide bonds. The van der Waals surface area contributed by atoms with Crippen molar-refractivity contribution in [3.8, 4) is 0 Å². The minimum Gasteiger partial charge on any atom is -0.412 e. The van der Waals surface area contributed by atoms with E-state index in [4.69, 9.17) is 37.3 Å². The molecule has 0 atom stereocenters. The fourth-order valence-electron chi connectivity index (χ4n) is 1.83. The van der Waals surface area contributed by atoms with Crippen LogP contribution in [0.2, 0.25) is 0 Å². The molecular weight excluding hydrogens is 575 g/mol. The summed E-state index contributed by atoms with van der Waals surface area (Å²) in [5.41, 5.74) is 0. The fraction of sp³-hybridized carbons (Fsp3) is 0.143. The van der Waals surface area contributed by atoms with Crippen molar-refractivity contribution in [2.75, 3.05) is 0 Å². The second-order valence-corrected chi connectivity index (χ2v) is 6.73. The standard InChI is InChI=1S/2C7H8N4.2ClHO4.Cu.2H2O/c2*1-3-8-10(5-1)7-11-6-2-4-9-11;2*2-1(3,4)5;;;/h2*1-6H,7H2;2*(H,2,3,4,5);;2*1H2/q;;;;+2;;/p-2. The SMILES string of the molecule is O.O.[Cu+2].[O-][Cl+3]([O-])([O-])[O-].[O-][Cl+3]([O-])([O-])[O-].c1cnn(Cn2cccn2)c1.c1cnn(Cn2cccn2)c1. The van der Waals surface area contributed by atoms with E-state index in [1.807, 2.05) is 67.8 Å². The molecule has 4 aromatic heterocycles. The number of halogens is 2. The van der Waals surface area contributed by atoms with Gasteiger partial charge in [-0.15, -0.1) is 20.5 Å². The molecule has 4 rings (SSSR count). The summed E-state index contributed by atoms with van der Waals surface area (Å²) in [6.07, 6.45) is 14.6. The van der Waals surface area contributed by atoms with Crippen LogP contribution < -0.4 is 37.3 Å². The van der Waals surface area contributed by atoms with Crippen LogP contribution in [0.3, 0.4) is 0 Å². The molecule has 4 N–H and O–H groups in total. The first-order valence-corrected chi connectivity index (χ1v) is 10.5. The summed E-state index contributed by atoms with van der Waals surface area (Å²) in [5, 5.41) is 16.2. The van der Waals surface area contributed by atoms with E-state index in [1.165, 1.54) is 0 Å². The van der Waals surface area contributed by atoms with Gasteiger partial charge in [0.1, 0.15) is 13.3 Å². The molecule has 0 spiro atoms. The summed E-state index contributed by atoms with van der Waals surface area (Å²) < 4.78 is 75.2. The van der Waals surface area contributed by atoms with Crippen molar-refractivity contribution in [2.45, 2.75) is 13.3 Å². The zero-order chi connectivity index (χ0) is 24.0. The van der Waals surface area contributed by atoms with Crippen LogP contribution in [0, 0.1) is 20.5 Å². The Labute approximate surface area is 212 Å². The van der Waals surface area contributed by atoms with Crippen molar-refractivity contribution >= 4 is 0 Å². The Balaban J connectivity index is -0.000000405. The fourth-order valence-corrected chi connectivity index (χ4v) is 1.83. The Kier molecular flexibility index (Phi) is 19.9. The van der Waals surface area contributed by atoms with Gasteiger partial charge in [0.2, 0.25) is 0 Å². The van der Waals surface area contributed by atoms with Gasteiger partial charge in [-0.3, -0.25) is 18.7 Å². The average Bonchev–Trinajstić information content (AvgIpc) is 3.44. The Morgan fingerprint density at radius 3 is 0.743 bits per heavy atom. The van der Waals surface area contributed by atoms with Gasteiger partial charge in [0.25, 0.3) is 0 Å². The first kappa shape index (κ1) is 37.1. The topological polar surface area (TPSA) is 319 Å². The van der Waals surface area contributed by atoms with Gasteiger partial charge < -0.3 is 11.0 Å². The number of rotatable bonds is 4. The third-order valence-corrected chi connectivity index (χ3v) is 2.82. The zero-order valence-electron chi connectivity index (χ0n) is 17.2. The average molecular weight is 595 g/mol. The van der Waals surface area contributed by atoms with Crippen LogP contribution in [-0.2, 0) is 30.4 Å². The van der Waals surface area contributed by atoms with Crippen molar-refractivity contribution in [2.24, 2.45) is 0 Å². The van der Waals surface area contributed by atoms with E-state index in [0.29, 0.717) is 13.3 Å². The molecule has 0 unspecified atom stereocenters. The van der Waals surface area contributed by atoms with Crippen molar-refractivity contribution < 1.29 is 85.8 Å². The molecule has 21 heteroatoms. The first-order valence-electron chi connectivity index (χ1n) is 8.03. The Morgan fingerprint density at radius 1 is 0.457 bits per heavy atom. The molecular formula is C14H20Cl2CuN8O10. The third kappa shape index (κ3) is 24.5. The van der Waals surface area contributed by atoms with E-state index in [-0.39, 0.29) is 28.0 Å². The monoisotopic (exact) mass is 593 g/mol. The third-order valence-electron chi connectivity index (χ3n) is 2.82. The van der Waals surface area contributed by atoms with E-state index < -0.39 is 20.5 Å². The smallest absolute Gasteiger partial charge is 0.412 e. The minimum atomic E-state index is -4.94. The maximum Gasteiger partial charge on any atom is 2.00 e. The molecule has 35 heavy (non-hydrogen) atoms. The predicted octanol–water partition coefficient (Wildman–Crippen LogP) is -9.99. The Hall–Kier alpha value is -2.46. The molecule has 0 saturated heterocycles. The molecule has 0 aliphatic heterocycles. The van der Waals surface area contributed by atoms with Gasteiger partial charge in [0, 0.05) is 49.6 Å². The van der Waals surface area contributed by atoms with E-state index in [9.17, 15) is 0 Å². The van der Waals surface area contributed by atoms with Gasteiger partial charge in [-0.1, -0.05) is 0 Å².